The second-order valence-electron chi connectivity index (χ2n) is 10.00. The van der Waals surface area contributed by atoms with Crippen molar-refractivity contribution < 1.29 is 19.5 Å². The fourth-order valence-corrected chi connectivity index (χ4v) is 4.89. The lowest BCUT2D eigenvalue weighted by molar-refractivity contribution is -0.115. The first-order valence-electron chi connectivity index (χ1n) is 12.7. The molecule has 0 fully saturated rings. The number of carbonyl (C=O) groups is 3. The first-order valence-corrected chi connectivity index (χ1v) is 13.6. The van der Waals surface area contributed by atoms with Crippen LogP contribution in [0.2, 0.25) is 0 Å². The zero-order valence-corrected chi connectivity index (χ0v) is 23.6. The number of nitrogens with one attached hydrogen (secondary N) is 3. The molecular weight excluding hydrogens is 552 g/mol. The van der Waals surface area contributed by atoms with Gasteiger partial charge in [-0.1, -0.05) is 44.2 Å². The highest BCUT2D eigenvalue weighted by Crippen LogP contribution is 2.30. The largest absolute Gasteiger partial charge is 0.465 e. The van der Waals surface area contributed by atoms with E-state index < -0.39 is 23.3 Å². The number of carbonyl (C=O) groups excluding carboxylic acids is 2. The molecule has 0 saturated heterocycles. The zero-order valence-electron chi connectivity index (χ0n) is 22.8. The Bertz CT molecular complexity index is 1720. The maximum Gasteiger partial charge on any atom is 0.404 e. The van der Waals surface area contributed by atoms with Crippen LogP contribution in [0.15, 0.2) is 72.1 Å². The van der Waals surface area contributed by atoms with Crippen LogP contribution in [0.25, 0.3) is 22.4 Å². The number of hydrogen-bond donors (Lipinski definition) is 4. The first kappa shape index (κ1) is 29.5. The lowest BCUT2D eigenvalue weighted by Gasteiger charge is -2.25. The molecular formula is C31H26N6O4S. The van der Waals surface area contributed by atoms with Gasteiger partial charge < -0.3 is 21.1 Å². The highest BCUT2D eigenvalue weighted by Gasteiger charge is 2.22. The molecule has 1 heterocycles. The molecule has 0 aliphatic carbocycles. The topological polar surface area (TPSA) is 168 Å². The number of aromatic nitrogens is 1. The third-order valence-corrected chi connectivity index (χ3v) is 7.19. The van der Waals surface area contributed by atoms with Crippen LogP contribution in [0.4, 0.5) is 9.93 Å². The highest BCUT2D eigenvalue weighted by atomic mass is 32.1. The van der Waals surface area contributed by atoms with Gasteiger partial charge in [-0.05, 0) is 53.1 Å². The molecule has 0 aliphatic rings. The first-order chi connectivity index (χ1) is 20.1. The molecule has 0 unspecified atom stereocenters. The zero-order chi connectivity index (χ0) is 30.3. The van der Waals surface area contributed by atoms with Crippen LogP contribution in [-0.4, -0.2) is 41.1 Å². The van der Waals surface area contributed by atoms with E-state index in [-0.39, 0.29) is 13.1 Å². The summed E-state index contributed by atoms with van der Waals surface area (Å²) in [6.07, 6.45) is -1.12. The van der Waals surface area contributed by atoms with Gasteiger partial charge in [-0.25, -0.2) is 9.78 Å². The Kier molecular flexibility index (Phi) is 8.96. The fourth-order valence-electron chi connectivity index (χ4n) is 4.15. The molecule has 3 amide bonds. The van der Waals surface area contributed by atoms with E-state index in [1.165, 1.54) is 17.4 Å². The van der Waals surface area contributed by atoms with Gasteiger partial charge >= 0.3 is 6.09 Å². The second-order valence-corrected chi connectivity index (χ2v) is 10.9. The minimum absolute atomic E-state index is 0.173. The monoisotopic (exact) mass is 578 g/mol. The van der Waals surface area contributed by atoms with Crippen LogP contribution >= 0.6 is 11.3 Å². The number of rotatable bonds is 9. The standard InChI is InChI=1S/C31H26N6O4S/c1-31(2,18-35-30(40)41)25-8-4-7-23(13-25)28(39)34-16-27(38)37-29-36-26(17-42-29)22-6-3-5-21(12-22)24-10-19(14-32)9-20(11-24)15-33/h3-13,17,35H,16,18H2,1-2H3,(H,34,39)(H,40,41)(H,36,37,38). The van der Waals surface area contributed by atoms with Crippen molar-refractivity contribution in [1.29, 1.82) is 10.5 Å². The molecule has 0 aliphatic heterocycles. The molecule has 4 aromatic rings. The third-order valence-electron chi connectivity index (χ3n) is 6.43. The van der Waals surface area contributed by atoms with Crippen LogP contribution in [0.5, 0.6) is 0 Å². The highest BCUT2D eigenvalue weighted by molar-refractivity contribution is 7.14. The number of hydrogen-bond acceptors (Lipinski definition) is 7. The number of carboxylic acid groups (broad SMARTS) is 1. The maximum absolute atomic E-state index is 12.7. The van der Waals surface area contributed by atoms with E-state index in [1.54, 1.807) is 35.7 Å². The summed E-state index contributed by atoms with van der Waals surface area (Å²) in [5, 5.41) is 37.3. The SMILES string of the molecule is CC(C)(CNC(=O)O)c1cccc(C(=O)NCC(=O)Nc2nc(-c3cccc(-c4cc(C#N)cc(C#N)c4)c3)cs2)c1. The average Bonchev–Trinajstić information content (AvgIpc) is 3.47. The molecule has 11 heteroatoms. The molecule has 0 saturated carbocycles. The smallest absolute Gasteiger partial charge is 0.404 e. The number of thiazole rings is 1. The molecule has 42 heavy (non-hydrogen) atoms. The number of amides is 3. The molecule has 0 atom stereocenters. The van der Waals surface area contributed by atoms with Gasteiger partial charge in [0.15, 0.2) is 5.13 Å². The normalized spacial score (nSPS) is 10.7. The summed E-state index contributed by atoms with van der Waals surface area (Å²) in [7, 11) is 0. The predicted octanol–water partition coefficient (Wildman–Crippen LogP) is 5.13. The summed E-state index contributed by atoms with van der Waals surface area (Å²) in [6.45, 7) is 3.63. The second kappa shape index (κ2) is 12.8. The lowest BCUT2D eigenvalue weighted by atomic mass is 9.84. The quantitative estimate of drug-likeness (QED) is 0.213. The van der Waals surface area contributed by atoms with Gasteiger partial charge in [0.1, 0.15) is 0 Å². The summed E-state index contributed by atoms with van der Waals surface area (Å²) >= 11 is 1.24. The molecule has 0 radical (unpaired) electrons. The minimum atomic E-state index is -1.12. The molecule has 4 rings (SSSR count). The van der Waals surface area contributed by atoms with Crippen LogP contribution < -0.4 is 16.0 Å². The maximum atomic E-state index is 12.7. The third kappa shape index (κ3) is 7.36. The van der Waals surface area contributed by atoms with Crippen molar-refractivity contribution >= 4 is 34.4 Å². The number of nitrogens with zero attached hydrogens (tertiary/aromatic N) is 3. The Morgan fingerprint density at radius 1 is 0.905 bits per heavy atom. The Morgan fingerprint density at radius 3 is 2.29 bits per heavy atom. The van der Waals surface area contributed by atoms with Crippen molar-refractivity contribution in [1.82, 2.24) is 15.6 Å². The van der Waals surface area contributed by atoms with Gasteiger partial charge in [0.05, 0.1) is 35.5 Å². The molecule has 3 aromatic carbocycles. The van der Waals surface area contributed by atoms with Gasteiger partial charge in [-0.3, -0.25) is 9.59 Å². The van der Waals surface area contributed by atoms with Crippen LogP contribution in [0, 0.1) is 22.7 Å². The summed E-state index contributed by atoms with van der Waals surface area (Å²) < 4.78 is 0. The molecule has 0 spiro atoms. The van der Waals surface area contributed by atoms with Crippen molar-refractivity contribution in [3.63, 3.8) is 0 Å². The lowest BCUT2D eigenvalue weighted by Crippen LogP contribution is -2.36. The Balaban J connectivity index is 1.38. The van der Waals surface area contributed by atoms with E-state index in [0.717, 1.165) is 22.3 Å². The summed E-state index contributed by atoms with van der Waals surface area (Å²) in [4.78, 5) is 40.6. The molecule has 1 aromatic heterocycles. The van der Waals surface area contributed by atoms with E-state index in [4.69, 9.17) is 5.11 Å². The van der Waals surface area contributed by atoms with Crippen molar-refractivity contribution in [3.8, 4) is 34.5 Å². The van der Waals surface area contributed by atoms with E-state index in [1.807, 2.05) is 44.2 Å². The van der Waals surface area contributed by atoms with E-state index in [0.29, 0.717) is 27.5 Å². The predicted molar refractivity (Wildman–Crippen MR) is 159 cm³/mol. The number of nitriles is 2. The molecule has 10 nitrogen and oxygen atoms in total. The number of anilines is 1. The Morgan fingerprint density at radius 2 is 1.60 bits per heavy atom. The van der Waals surface area contributed by atoms with Gasteiger partial charge in [0, 0.05) is 28.5 Å². The van der Waals surface area contributed by atoms with Gasteiger partial charge in [-0.15, -0.1) is 11.3 Å². The minimum Gasteiger partial charge on any atom is -0.465 e. The summed E-state index contributed by atoms with van der Waals surface area (Å²) in [6, 6.07) is 23.4. The fraction of sp³-hybridized carbons (Fsp3) is 0.161. The van der Waals surface area contributed by atoms with Crippen LogP contribution in [0.1, 0.15) is 40.9 Å². The summed E-state index contributed by atoms with van der Waals surface area (Å²) in [5.41, 5.74) is 4.34. The van der Waals surface area contributed by atoms with Crippen molar-refractivity contribution in [2.75, 3.05) is 18.4 Å². The van der Waals surface area contributed by atoms with Gasteiger partial charge in [0.25, 0.3) is 5.91 Å². The van der Waals surface area contributed by atoms with Crippen molar-refractivity contribution in [3.05, 3.63) is 94.4 Å². The number of benzene rings is 3. The van der Waals surface area contributed by atoms with E-state index in [9.17, 15) is 24.9 Å². The summed E-state index contributed by atoms with van der Waals surface area (Å²) in [5.74, 6) is -0.886. The van der Waals surface area contributed by atoms with Gasteiger partial charge in [0.2, 0.25) is 5.91 Å². The van der Waals surface area contributed by atoms with E-state index >= 15 is 0 Å². The van der Waals surface area contributed by atoms with Crippen LogP contribution in [0.3, 0.4) is 0 Å². The molecule has 0 bridgehead atoms. The van der Waals surface area contributed by atoms with Gasteiger partial charge in [-0.2, -0.15) is 10.5 Å². The molecule has 4 N–H and O–H groups in total. The van der Waals surface area contributed by atoms with Crippen molar-refractivity contribution in [2.24, 2.45) is 0 Å². The Hall–Kier alpha value is -5.52. The average molecular weight is 579 g/mol. The van der Waals surface area contributed by atoms with Crippen LogP contribution in [-0.2, 0) is 10.2 Å². The Labute approximate surface area is 246 Å². The van der Waals surface area contributed by atoms with Crippen molar-refractivity contribution in [2.45, 2.75) is 19.3 Å². The molecule has 210 valence electrons. The van der Waals surface area contributed by atoms with E-state index in [2.05, 4.69) is 33.1 Å².